The van der Waals surface area contributed by atoms with Crippen molar-refractivity contribution in [3.63, 3.8) is 0 Å². The largest absolute Gasteiger partial charge is 0.378 e. The molecule has 6 heteroatoms. The average molecular weight is 377 g/mol. The lowest BCUT2D eigenvalue weighted by molar-refractivity contribution is -0.384. The normalized spacial score (nSPS) is 10.7. The third-order valence-corrected chi connectivity index (χ3v) is 3.56. The highest BCUT2D eigenvalue weighted by molar-refractivity contribution is 14.1. The minimum absolute atomic E-state index is 0.144. The fourth-order valence-corrected chi connectivity index (χ4v) is 2.37. The molecule has 106 valence electrons. The Hall–Kier alpha value is -0.890. The summed E-state index contributed by atoms with van der Waals surface area (Å²) in [7, 11) is 0. The van der Waals surface area contributed by atoms with Gasteiger partial charge in [-0.15, -0.1) is 0 Å². The van der Waals surface area contributed by atoms with Crippen molar-refractivity contribution in [1.82, 2.24) is 4.90 Å². The van der Waals surface area contributed by atoms with Crippen molar-refractivity contribution in [2.24, 2.45) is 0 Å². The average Bonchev–Trinajstić information content (AvgIpc) is 2.39. The summed E-state index contributed by atoms with van der Waals surface area (Å²) in [5.74, 6) is 0. The molecule has 19 heavy (non-hydrogen) atoms. The summed E-state index contributed by atoms with van der Waals surface area (Å²) < 4.78 is 0.871. The van der Waals surface area contributed by atoms with E-state index in [0.29, 0.717) is 5.69 Å². The van der Waals surface area contributed by atoms with Crippen LogP contribution in [-0.2, 0) is 0 Å². The molecular formula is C13H20IN3O2. The minimum atomic E-state index is -0.339. The molecule has 0 fully saturated rings. The lowest BCUT2D eigenvalue weighted by Gasteiger charge is -2.19. The number of hydrogen-bond acceptors (Lipinski definition) is 4. The van der Waals surface area contributed by atoms with Crippen LogP contribution in [0.5, 0.6) is 0 Å². The predicted molar refractivity (Wildman–Crippen MR) is 86.7 cm³/mol. The van der Waals surface area contributed by atoms with Gasteiger partial charge in [-0.05, 0) is 54.2 Å². The van der Waals surface area contributed by atoms with Gasteiger partial charge in [-0.25, -0.2) is 0 Å². The Bertz CT molecular complexity index is 426. The van der Waals surface area contributed by atoms with E-state index < -0.39 is 0 Å². The van der Waals surface area contributed by atoms with Gasteiger partial charge in [0.05, 0.1) is 4.92 Å². The molecule has 1 rings (SSSR count). The van der Waals surface area contributed by atoms with E-state index in [1.165, 1.54) is 0 Å². The highest BCUT2D eigenvalue weighted by Crippen LogP contribution is 2.25. The van der Waals surface area contributed by atoms with E-state index in [9.17, 15) is 10.1 Å². The van der Waals surface area contributed by atoms with Crippen LogP contribution in [0.4, 0.5) is 11.4 Å². The molecule has 1 aromatic rings. The Morgan fingerprint density at radius 1 is 1.37 bits per heavy atom. The maximum Gasteiger partial charge on any atom is 0.293 e. The lowest BCUT2D eigenvalue weighted by Crippen LogP contribution is -2.29. The van der Waals surface area contributed by atoms with Crippen LogP contribution in [0.2, 0.25) is 0 Å². The van der Waals surface area contributed by atoms with Gasteiger partial charge in [0.1, 0.15) is 5.69 Å². The minimum Gasteiger partial charge on any atom is -0.378 e. The van der Waals surface area contributed by atoms with Crippen molar-refractivity contribution in [3.05, 3.63) is 31.9 Å². The number of nitrogens with one attached hydrogen (secondary N) is 1. The fraction of sp³-hybridized carbons (Fsp3) is 0.538. The molecule has 5 nitrogen and oxygen atoms in total. The molecular weight excluding hydrogens is 357 g/mol. The van der Waals surface area contributed by atoms with E-state index in [1.807, 2.05) is 6.07 Å². The third-order valence-electron chi connectivity index (χ3n) is 2.89. The maximum atomic E-state index is 11.0. The summed E-state index contributed by atoms with van der Waals surface area (Å²) in [6.07, 6.45) is 1.12. The number of likely N-dealkylation sites (N-methyl/N-ethyl adjacent to an activating group) is 1. The second-order valence-corrected chi connectivity index (χ2v) is 5.53. The standard InChI is InChI=1S/C13H20IN3O2/c1-3-8-16(4-2)9-7-15-12-6-5-11(14)10-13(12)17(18)19/h5-6,10,15H,3-4,7-9H2,1-2H3. The number of nitro groups is 1. The second kappa shape index (κ2) is 8.31. The number of anilines is 1. The van der Waals surface area contributed by atoms with E-state index in [0.717, 1.165) is 36.2 Å². The molecule has 0 aliphatic carbocycles. The Morgan fingerprint density at radius 2 is 2.11 bits per heavy atom. The quantitative estimate of drug-likeness (QED) is 0.429. The molecule has 0 bridgehead atoms. The second-order valence-electron chi connectivity index (χ2n) is 4.28. The summed E-state index contributed by atoms with van der Waals surface area (Å²) in [4.78, 5) is 13.0. The van der Waals surface area contributed by atoms with Crippen LogP contribution in [0.3, 0.4) is 0 Å². The van der Waals surface area contributed by atoms with Crippen LogP contribution in [0, 0.1) is 13.7 Å². The zero-order valence-corrected chi connectivity index (χ0v) is 13.5. The SMILES string of the molecule is CCCN(CC)CCNc1ccc(I)cc1[N+](=O)[O-]. The maximum absolute atomic E-state index is 11.0. The zero-order valence-electron chi connectivity index (χ0n) is 11.4. The first-order valence-electron chi connectivity index (χ1n) is 6.48. The summed E-state index contributed by atoms with van der Waals surface area (Å²) >= 11 is 2.08. The third kappa shape index (κ3) is 5.32. The van der Waals surface area contributed by atoms with Gasteiger partial charge < -0.3 is 10.2 Å². The number of nitro benzene ring substituents is 1. The van der Waals surface area contributed by atoms with Crippen molar-refractivity contribution in [2.75, 3.05) is 31.5 Å². The molecule has 1 N–H and O–H groups in total. The van der Waals surface area contributed by atoms with Crippen molar-refractivity contribution in [3.8, 4) is 0 Å². The van der Waals surface area contributed by atoms with E-state index >= 15 is 0 Å². The highest BCUT2D eigenvalue weighted by atomic mass is 127. The van der Waals surface area contributed by atoms with E-state index in [4.69, 9.17) is 0 Å². The molecule has 0 unspecified atom stereocenters. The van der Waals surface area contributed by atoms with Gasteiger partial charge in [-0.1, -0.05) is 13.8 Å². The summed E-state index contributed by atoms with van der Waals surface area (Å²) in [5, 5.41) is 14.1. The molecule has 0 aromatic heterocycles. The van der Waals surface area contributed by atoms with Gasteiger partial charge >= 0.3 is 0 Å². The molecule has 0 atom stereocenters. The van der Waals surface area contributed by atoms with Crippen LogP contribution < -0.4 is 5.32 Å². The van der Waals surface area contributed by atoms with Crippen molar-refractivity contribution in [2.45, 2.75) is 20.3 Å². The summed E-state index contributed by atoms with van der Waals surface area (Å²) in [6.45, 7) is 7.96. The van der Waals surface area contributed by atoms with Crippen molar-refractivity contribution < 1.29 is 4.92 Å². The predicted octanol–water partition coefficient (Wildman–Crippen LogP) is 3.34. The van der Waals surface area contributed by atoms with Crippen molar-refractivity contribution in [1.29, 1.82) is 0 Å². The topological polar surface area (TPSA) is 58.4 Å². The smallest absolute Gasteiger partial charge is 0.293 e. The highest BCUT2D eigenvalue weighted by Gasteiger charge is 2.13. The van der Waals surface area contributed by atoms with Crippen LogP contribution in [0.25, 0.3) is 0 Å². The molecule has 0 radical (unpaired) electrons. The van der Waals surface area contributed by atoms with Gasteiger partial charge in [0, 0.05) is 22.7 Å². The van der Waals surface area contributed by atoms with Crippen LogP contribution >= 0.6 is 22.6 Å². The lowest BCUT2D eigenvalue weighted by atomic mass is 10.2. The van der Waals surface area contributed by atoms with Crippen LogP contribution in [0.1, 0.15) is 20.3 Å². The Kier molecular flexibility index (Phi) is 7.07. The molecule has 0 heterocycles. The number of benzene rings is 1. The molecule has 0 saturated carbocycles. The molecule has 1 aromatic carbocycles. The first-order chi connectivity index (χ1) is 9.08. The number of halogens is 1. The monoisotopic (exact) mass is 377 g/mol. The number of hydrogen-bond donors (Lipinski definition) is 1. The molecule has 0 saturated heterocycles. The molecule has 0 amide bonds. The van der Waals surface area contributed by atoms with Gasteiger partial charge in [0.2, 0.25) is 0 Å². The van der Waals surface area contributed by atoms with E-state index in [1.54, 1.807) is 12.1 Å². The molecule has 0 spiro atoms. The Morgan fingerprint density at radius 3 is 2.68 bits per heavy atom. The number of rotatable bonds is 8. The first-order valence-corrected chi connectivity index (χ1v) is 7.56. The first kappa shape index (κ1) is 16.2. The fourth-order valence-electron chi connectivity index (χ4n) is 1.90. The van der Waals surface area contributed by atoms with Crippen molar-refractivity contribution >= 4 is 34.0 Å². The van der Waals surface area contributed by atoms with Gasteiger partial charge in [0.25, 0.3) is 5.69 Å². The van der Waals surface area contributed by atoms with Gasteiger partial charge in [0.15, 0.2) is 0 Å². The molecule has 0 aliphatic heterocycles. The summed E-state index contributed by atoms with van der Waals surface area (Å²) in [6, 6.07) is 5.24. The molecule has 0 aliphatic rings. The number of nitrogens with zero attached hydrogens (tertiary/aromatic N) is 2. The van der Waals surface area contributed by atoms with Gasteiger partial charge in [-0.3, -0.25) is 10.1 Å². The van der Waals surface area contributed by atoms with Crippen LogP contribution in [-0.4, -0.2) is 36.0 Å². The Balaban J connectivity index is 2.60. The van der Waals surface area contributed by atoms with E-state index in [2.05, 4.69) is 46.7 Å². The summed E-state index contributed by atoms with van der Waals surface area (Å²) in [5.41, 5.74) is 0.739. The van der Waals surface area contributed by atoms with E-state index in [-0.39, 0.29) is 10.6 Å². The Labute approximate surface area is 127 Å². The van der Waals surface area contributed by atoms with Crippen LogP contribution in [0.15, 0.2) is 18.2 Å². The van der Waals surface area contributed by atoms with Gasteiger partial charge in [-0.2, -0.15) is 0 Å². The zero-order chi connectivity index (χ0) is 14.3.